The van der Waals surface area contributed by atoms with Gasteiger partial charge in [-0.2, -0.15) is 0 Å². The van der Waals surface area contributed by atoms with Gasteiger partial charge < -0.3 is 19.9 Å². The lowest BCUT2D eigenvalue weighted by molar-refractivity contribution is 0.0928. The maximum Gasteiger partial charge on any atom is 0.255 e. The van der Waals surface area contributed by atoms with Gasteiger partial charge in [-0.3, -0.25) is 4.79 Å². The minimum atomic E-state index is -0.306. The molecule has 0 aliphatic heterocycles. The summed E-state index contributed by atoms with van der Waals surface area (Å²) in [7, 11) is 3.15. The number of carbonyl (C=O) groups excluding carboxylic acids is 1. The molecule has 1 atom stereocenters. The Morgan fingerprint density at radius 3 is 2.29 bits per heavy atom. The number of phenolic OH excluding ortho intramolecular Hbond substituents is 1. The van der Waals surface area contributed by atoms with Crippen LogP contribution in [0, 0.1) is 5.92 Å². The summed E-state index contributed by atoms with van der Waals surface area (Å²) in [6.45, 7) is 0. The van der Waals surface area contributed by atoms with Gasteiger partial charge >= 0.3 is 0 Å². The molecule has 1 aliphatic carbocycles. The SMILES string of the molecule is COc1ccc(C(NC(=O)c2cc(OC)ccc2O)C2CC2)cc1. The zero-order valence-corrected chi connectivity index (χ0v) is 13.8. The Balaban J connectivity index is 1.81. The van der Waals surface area contributed by atoms with E-state index in [0.29, 0.717) is 11.7 Å². The molecule has 0 heterocycles. The van der Waals surface area contributed by atoms with E-state index in [-0.39, 0.29) is 23.3 Å². The molecule has 1 amide bonds. The molecule has 1 fully saturated rings. The van der Waals surface area contributed by atoms with E-state index >= 15 is 0 Å². The normalized spacial score (nSPS) is 14.8. The quantitative estimate of drug-likeness (QED) is 0.854. The maximum absolute atomic E-state index is 12.6. The van der Waals surface area contributed by atoms with Gasteiger partial charge in [0.1, 0.15) is 17.2 Å². The number of rotatable bonds is 6. The zero-order chi connectivity index (χ0) is 17.1. The van der Waals surface area contributed by atoms with Crippen LogP contribution < -0.4 is 14.8 Å². The highest BCUT2D eigenvalue weighted by Gasteiger charge is 2.34. The Labute approximate surface area is 141 Å². The van der Waals surface area contributed by atoms with E-state index in [0.717, 1.165) is 24.2 Å². The summed E-state index contributed by atoms with van der Waals surface area (Å²) in [5, 5.41) is 13.0. The Morgan fingerprint density at radius 2 is 1.71 bits per heavy atom. The van der Waals surface area contributed by atoms with Gasteiger partial charge in [0.2, 0.25) is 0 Å². The molecule has 0 aromatic heterocycles. The molecule has 2 N–H and O–H groups in total. The smallest absolute Gasteiger partial charge is 0.255 e. The summed E-state index contributed by atoms with van der Waals surface area (Å²) < 4.78 is 10.3. The second-order valence-corrected chi connectivity index (χ2v) is 5.94. The molecule has 0 spiro atoms. The monoisotopic (exact) mass is 327 g/mol. The molecule has 1 unspecified atom stereocenters. The topological polar surface area (TPSA) is 67.8 Å². The number of hydrogen-bond donors (Lipinski definition) is 2. The standard InChI is InChI=1S/C19H21NO4/c1-23-14-7-5-13(6-8-14)18(12-3-4-12)20-19(22)16-11-15(24-2)9-10-17(16)21/h5-12,18,21H,3-4H2,1-2H3,(H,20,22). The predicted molar refractivity (Wildman–Crippen MR) is 90.6 cm³/mol. The number of phenols is 1. The number of amides is 1. The molecule has 126 valence electrons. The summed E-state index contributed by atoms with van der Waals surface area (Å²) in [5.41, 5.74) is 1.25. The van der Waals surface area contributed by atoms with E-state index in [9.17, 15) is 9.90 Å². The molecule has 24 heavy (non-hydrogen) atoms. The average molecular weight is 327 g/mol. The molecule has 0 radical (unpaired) electrons. The number of aromatic hydroxyl groups is 1. The number of ether oxygens (including phenoxy) is 2. The zero-order valence-electron chi connectivity index (χ0n) is 13.8. The lowest BCUT2D eigenvalue weighted by Gasteiger charge is -2.19. The Kier molecular flexibility index (Phi) is 4.60. The largest absolute Gasteiger partial charge is 0.507 e. The Morgan fingerprint density at radius 1 is 1.08 bits per heavy atom. The van der Waals surface area contributed by atoms with Gasteiger partial charge in [-0.05, 0) is 54.7 Å². The van der Waals surface area contributed by atoms with Gasteiger partial charge in [-0.25, -0.2) is 0 Å². The summed E-state index contributed by atoms with van der Waals surface area (Å²) in [6, 6.07) is 12.3. The van der Waals surface area contributed by atoms with Crippen LogP contribution >= 0.6 is 0 Å². The highest BCUT2D eigenvalue weighted by atomic mass is 16.5. The van der Waals surface area contributed by atoms with Crippen molar-refractivity contribution in [2.75, 3.05) is 14.2 Å². The molecule has 3 rings (SSSR count). The molecule has 2 aromatic carbocycles. The summed E-state index contributed by atoms with van der Waals surface area (Å²) in [4.78, 5) is 12.6. The third kappa shape index (κ3) is 3.45. The van der Waals surface area contributed by atoms with Crippen LogP contribution in [0.3, 0.4) is 0 Å². The first kappa shape index (κ1) is 16.2. The second kappa shape index (κ2) is 6.83. The van der Waals surface area contributed by atoms with Gasteiger partial charge in [0.25, 0.3) is 5.91 Å². The number of nitrogens with one attached hydrogen (secondary N) is 1. The van der Waals surface area contributed by atoms with Crippen molar-refractivity contribution in [3.05, 3.63) is 53.6 Å². The molecule has 0 bridgehead atoms. The van der Waals surface area contributed by atoms with Crippen LogP contribution in [0.15, 0.2) is 42.5 Å². The van der Waals surface area contributed by atoms with Crippen LogP contribution in [0.25, 0.3) is 0 Å². The van der Waals surface area contributed by atoms with Crippen molar-refractivity contribution in [2.45, 2.75) is 18.9 Å². The molecule has 0 saturated heterocycles. The second-order valence-electron chi connectivity index (χ2n) is 5.94. The van der Waals surface area contributed by atoms with Gasteiger partial charge in [0, 0.05) is 0 Å². The van der Waals surface area contributed by atoms with E-state index in [4.69, 9.17) is 9.47 Å². The first-order valence-corrected chi connectivity index (χ1v) is 7.94. The summed E-state index contributed by atoms with van der Waals surface area (Å²) >= 11 is 0. The van der Waals surface area contributed by atoms with Crippen molar-refractivity contribution in [1.82, 2.24) is 5.32 Å². The molecule has 1 aliphatic rings. The first-order chi connectivity index (χ1) is 11.6. The van der Waals surface area contributed by atoms with Crippen LogP contribution in [0.2, 0.25) is 0 Å². The van der Waals surface area contributed by atoms with E-state index < -0.39 is 0 Å². The number of methoxy groups -OCH3 is 2. The van der Waals surface area contributed by atoms with E-state index in [1.165, 1.54) is 13.2 Å². The fourth-order valence-corrected chi connectivity index (χ4v) is 2.76. The van der Waals surface area contributed by atoms with Crippen molar-refractivity contribution >= 4 is 5.91 Å². The van der Waals surface area contributed by atoms with E-state index in [1.54, 1.807) is 19.2 Å². The number of benzene rings is 2. The molecule has 5 heteroatoms. The van der Waals surface area contributed by atoms with Gasteiger partial charge in [0.15, 0.2) is 0 Å². The van der Waals surface area contributed by atoms with Crippen molar-refractivity contribution in [3.8, 4) is 17.2 Å². The highest BCUT2D eigenvalue weighted by Crippen LogP contribution is 2.41. The third-order valence-corrected chi connectivity index (χ3v) is 4.30. The van der Waals surface area contributed by atoms with Crippen LogP contribution in [-0.4, -0.2) is 25.2 Å². The van der Waals surface area contributed by atoms with E-state index in [2.05, 4.69) is 5.32 Å². The molecule has 1 saturated carbocycles. The van der Waals surface area contributed by atoms with Crippen molar-refractivity contribution in [2.24, 2.45) is 5.92 Å². The lowest BCUT2D eigenvalue weighted by Crippen LogP contribution is -2.30. The molecular formula is C19H21NO4. The van der Waals surface area contributed by atoms with Gasteiger partial charge in [0.05, 0.1) is 25.8 Å². The minimum Gasteiger partial charge on any atom is -0.507 e. The number of carbonyl (C=O) groups is 1. The van der Waals surface area contributed by atoms with Crippen LogP contribution in [0.5, 0.6) is 17.2 Å². The lowest BCUT2D eigenvalue weighted by atomic mass is 10.0. The molecule has 5 nitrogen and oxygen atoms in total. The molecule has 2 aromatic rings. The minimum absolute atomic E-state index is 0.0578. The number of hydrogen-bond acceptors (Lipinski definition) is 4. The van der Waals surface area contributed by atoms with Crippen LogP contribution in [0.4, 0.5) is 0 Å². The van der Waals surface area contributed by atoms with Crippen molar-refractivity contribution in [3.63, 3.8) is 0 Å². The third-order valence-electron chi connectivity index (χ3n) is 4.30. The van der Waals surface area contributed by atoms with Crippen molar-refractivity contribution in [1.29, 1.82) is 0 Å². The van der Waals surface area contributed by atoms with E-state index in [1.807, 2.05) is 24.3 Å². The predicted octanol–water partition coefficient (Wildman–Crippen LogP) is 3.29. The van der Waals surface area contributed by atoms with Crippen molar-refractivity contribution < 1.29 is 19.4 Å². The summed E-state index contributed by atoms with van der Waals surface area (Å²) in [5.74, 6) is 1.38. The van der Waals surface area contributed by atoms with Crippen LogP contribution in [-0.2, 0) is 0 Å². The fourth-order valence-electron chi connectivity index (χ4n) is 2.76. The molecular weight excluding hydrogens is 306 g/mol. The Hall–Kier alpha value is -2.69. The highest BCUT2D eigenvalue weighted by molar-refractivity contribution is 5.97. The summed E-state index contributed by atoms with van der Waals surface area (Å²) in [6.07, 6.45) is 2.17. The van der Waals surface area contributed by atoms with Gasteiger partial charge in [-0.15, -0.1) is 0 Å². The first-order valence-electron chi connectivity index (χ1n) is 7.94. The maximum atomic E-state index is 12.6. The fraction of sp³-hybridized carbons (Fsp3) is 0.316. The average Bonchev–Trinajstić information content (AvgIpc) is 3.45. The van der Waals surface area contributed by atoms with Gasteiger partial charge in [-0.1, -0.05) is 12.1 Å². The Bertz CT molecular complexity index is 723. The van der Waals surface area contributed by atoms with Crippen LogP contribution in [0.1, 0.15) is 34.8 Å².